The summed E-state index contributed by atoms with van der Waals surface area (Å²) < 4.78 is 26.8. The number of rotatable bonds is 2. The second kappa shape index (κ2) is 5.33. The van der Waals surface area contributed by atoms with Crippen molar-refractivity contribution in [1.29, 1.82) is 0 Å². The molecule has 2 heterocycles. The topological polar surface area (TPSA) is 46.0 Å². The molecule has 0 aliphatic rings. The average Bonchev–Trinajstić information content (AvgIpc) is 2.50. The van der Waals surface area contributed by atoms with Gasteiger partial charge in [0.05, 0.1) is 5.69 Å². The zero-order valence-corrected chi connectivity index (χ0v) is 12.1. The van der Waals surface area contributed by atoms with Crippen LogP contribution in [0.4, 0.5) is 8.78 Å². The summed E-state index contributed by atoms with van der Waals surface area (Å²) in [5.41, 5.74) is 1.95. The number of nitrogens with zero attached hydrogens (tertiary/aromatic N) is 2. The Kier molecular flexibility index (Phi) is 3.48. The molecule has 5 heteroatoms. The summed E-state index contributed by atoms with van der Waals surface area (Å²) in [4.78, 5) is 8.23. The Morgan fingerprint density at radius 3 is 2.36 bits per heavy atom. The maximum absolute atomic E-state index is 13.6. The van der Waals surface area contributed by atoms with Crippen LogP contribution in [0.25, 0.3) is 22.0 Å². The SMILES string of the molecule is CC(C)c1ncc(-c2cnc3c(F)c(F)ccc3c2)cc1O. The molecule has 0 atom stereocenters. The molecule has 0 fully saturated rings. The van der Waals surface area contributed by atoms with E-state index in [1.807, 2.05) is 13.8 Å². The highest BCUT2D eigenvalue weighted by Gasteiger charge is 2.12. The van der Waals surface area contributed by atoms with Gasteiger partial charge in [-0.05, 0) is 30.2 Å². The van der Waals surface area contributed by atoms with Gasteiger partial charge in [-0.2, -0.15) is 0 Å². The summed E-state index contributed by atoms with van der Waals surface area (Å²) in [5, 5.41) is 10.5. The predicted octanol–water partition coefficient (Wildman–Crippen LogP) is 4.40. The van der Waals surface area contributed by atoms with Crippen LogP contribution in [0.1, 0.15) is 25.5 Å². The van der Waals surface area contributed by atoms with E-state index in [1.165, 1.54) is 12.3 Å². The van der Waals surface area contributed by atoms with Crippen molar-refractivity contribution in [3.05, 3.63) is 54.0 Å². The monoisotopic (exact) mass is 300 g/mol. The van der Waals surface area contributed by atoms with Crippen molar-refractivity contribution >= 4 is 10.9 Å². The molecule has 0 radical (unpaired) electrons. The smallest absolute Gasteiger partial charge is 0.184 e. The van der Waals surface area contributed by atoms with Crippen LogP contribution in [-0.2, 0) is 0 Å². The fraction of sp³-hybridized carbons (Fsp3) is 0.176. The molecule has 3 aromatic rings. The van der Waals surface area contributed by atoms with Gasteiger partial charge in [0.2, 0.25) is 0 Å². The van der Waals surface area contributed by atoms with Crippen LogP contribution in [0.3, 0.4) is 0 Å². The van der Waals surface area contributed by atoms with Gasteiger partial charge in [-0.25, -0.2) is 8.78 Å². The van der Waals surface area contributed by atoms with E-state index in [0.717, 1.165) is 6.07 Å². The number of fused-ring (bicyclic) bond motifs is 1. The Balaban J connectivity index is 2.11. The maximum atomic E-state index is 13.6. The van der Waals surface area contributed by atoms with E-state index < -0.39 is 11.6 Å². The first-order valence-electron chi connectivity index (χ1n) is 6.90. The molecule has 0 saturated carbocycles. The highest BCUT2D eigenvalue weighted by atomic mass is 19.2. The van der Waals surface area contributed by atoms with Crippen LogP contribution >= 0.6 is 0 Å². The average molecular weight is 300 g/mol. The molecule has 1 N–H and O–H groups in total. The summed E-state index contributed by atoms with van der Waals surface area (Å²) >= 11 is 0. The van der Waals surface area contributed by atoms with Crippen LogP contribution < -0.4 is 0 Å². The van der Waals surface area contributed by atoms with E-state index in [1.54, 1.807) is 18.3 Å². The van der Waals surface area contributed by atoms with Crippen molar-refractivity contribution in [3.63, 3.8) is 0 Å². The largest absolute Gasteiger partial charge is 0.506 e. The minimum atomic E-state index is -0.958. The first-order chi connectivity index (χ1) is 10.5. The van der Waals surface area contributed by atoms with E-state index in [4.69, 9.17) is 0 Å². The number of hydrogen-bond acceptors (Lipinski definition) is 3. The Morgan fingerprint density at radius 2 is 1.68 bits per heavy atom. The van der Waals surface area contributed by atoms with Crippen LogP contribution in [0.5, 0.6) is 5.75 Å². The molecule has 0 aliphatic carbocycles. The molecule has 2 aromatic heterocycles. The number of aromatic hydroxyl groups is 1. The normalized spacial score (nSPS) is 11.3. The third-order valence-corrected chi connectivity index (χ3v) is 3.52. The fourth-order valence-electron chi connectivity index (χ4n) is 2.37. The highest BCUT2D eigenvalue weighted by molar-refractivity contribution is 5.84. The van der Waals surface area contributed by atoms with Crippen LogP contribution in [0.2, 0.25) is 0 Å². The van der Waals surface area contributed by atoms with Crippen molar-refractivity contribution in [2.45, 2.75) is 19.8 Å². The van der Waals surface area contributed by atoms with Gasteiger partial charge in [0, 0.05) is 28.9 Å². The lowest BCUT2D eigenvalue weighted by Gasteiger charge is -2.09. The van der Waals surface area contributed by atoms with Gasteiger partial charge in [0.1, 0.15) is 11.3 Å². The van der Waals surface area contributed by atoms with Gasteiger partial charge in [-0.3, -0.25) is 9.97 Å². The Labute approximate surface area is 126 Å². The van der Waals surface area contributed by atoms with Gasteiger partial charge in [-0.1, -0.05) is 13.8 Å². The molecule has 22 heavy (non-hydrogen) atoms. The number of hydrogen-bond donors (Lipinski definition) is 1. The van der Waals surface area contributed by atoms with Gasteiger partial charge < -0.3 is 5.11 Å². The van der Waals surface area contributed by atoms with Gasteiger partial charge in [0.25, 0.3) is 0 Å². The number of pyridine rings is 2. The quantitative estimate of drug-likeness (QED) is 0.762. The molecule has 0 saturated heterocycles. The standard InChI is InChI=1S/C17H14F2N2O/c1-9(2)16-14(22)6-12(8-20-16)11-5-10-3-4-13(18)15(19)17(10)21-7-11/h3-9,22H,1-2H3. The summed E-state index contributed by atoms with van der Waals surface area (Å²) in [5.74, 6) is -1.66. The van der Waals surface area contributed by atoms with Crippen molar-refractivity contribution in [1.82, 2.24) is 9.97 Å². The molecule has 0 unspecified atom stereocenters. The predicted molar refractivity (Wildman–Crippen MR) is 80.6 cm³/mol. The summed E-state index contributed by atoms with van der Waals surface area (Å²) in [7, 11) is 0. The van der Waals surface area contributed by atoms with E-state index >= 15 is 0 Å². The summed E-state index contributed by atoms with van der Waals surface area (Å²) in [6.07, 6.45) is 3.08. The molecule has 1 aromatic carbocycles. The first-order valence-corrected chi connectivity index (χ1v) is 6.90. The van der Waals surface area contributed by atoms with Gasteiger partial charge in [-0.15, -0.1) is 0 Å². The number of aromatic nitrogens is 2. The fourth-order valence-corrected chi connectivity index (χ4v) is 2.37. The molecule has 0 aliphatic heterocycles. The van der Waals surface area contributed by atoms with Gasteiger partial charge in [0.15, 0.2) is 11.6 Å². The molecular weight excluding hydrogens is 286 g/mol. The number of benzene rings is 1. The van der Waals surface area contributed by atoms with Crippen LogP contribution in [0.15, 0.2) is 36.7 Å². The molecule has 3 nitrogen and oxygen atoms in total. The molecule has 3 rings (SSSR count). The third-order valence-electron chi connectivity index (χ3n) is 3.52. The molecular formula is C17H14F2N2O. The van der Waals surface area contributed by atoms with Gasteiger partial charge >= 0.3 is 0 Å². The Hall–Kier alpha value is -2.56. The first kappa shape index (κ1) is 14.4. The van der Waals surface area contributed by atoms with E-state index in [-0.39, 0.29) is 17.2 Å². The van der Waals surface area contributed by atoms with Crippen molar-refractivity contribution < 1.29 is 13.9 Å². The molecule has 0 spiro atoms. The van der Waals surface area contributed by atoms with E-state index in [2.05, 4.69) is 9.97 Å². The molecule has 112 valence electrons. The lowest BCUT2D eigenvalue weighted by Crippen LogP contribution is -1.94. The summed E-state index contributed by atoms with van der Waals surface area (Å²) in [6, 6.07) is 5.84. The third kappa shape index (κ3) is 2.39. The maximum Gasteiger partial charge on any atom is 0.184 e. The minimum Gasteiger partial charge on any atom is -0.506 e. The van der Waals surface area contributed by atoms with Crippen molar-refractivity contribution in [2.75, 3.05) is 0 Å². The Morgan fingerprint density at radius 1 is 1.00 bits per heavy atom. The van der Waals surface area contributed by atoms with Crippen molar-refractivity contribution in [2.24, 2.45) is 0 Å². The Bertz CT molecular complexity index is 863. The van der Waals surface area contributed by atoms with Crippen LogP contribution in [0, 0.1) is 11.6 Å². The molecule has 0 bridgehead atoms. The van der Waals surface area contributed by atoms with Crippen molar-refractivity contribution in [3.8, 4) is 16.9 Å². The van der Waals surface area contributed by atoms with Crippen LogP contribution in [-0.4, -0.2) is 15.1 Å². The second-order valence-electron chi connectivity index (χ2n) is 5.44. The highest BCUT2D eigenvalue weighted by Crippen LogP contribution is 2.30. The lowest BCUT2D eigenvalue weighted by atomic mass is 10.0. The minimum absolute atomic E-state index is 0.0141. The summed E-state index contributed by atoms with van der Waals surface area (Å²) in [6.45, 7) is 3.88. The molecule has 0 amide bonds. The lowest BCUT2D eigenvalue weighted by molar-refractivity contribution is 0.460. The number of halogens is 2. The van der Waals surface area contributed by atoms with E-state index in [9.17, 15) is 13.9 Å². The zero-order chi connectivity index (χ0) is 15.9. The van der Waals surface area contributed by atoms with E-state index in [0.29, 0.717) is 22.2 Å². The zero-order valence-electron chi connectivity index (χ0n) is 12.1. The second-order valence-corrected chi connectivity index (χ2v) is 5.44.